The minimum Gasteiger partial charge on any atom is -0.494 e. The van der Waals surface area contributed by atoms with Crippen LogP contribution in [0.25, 0.3) is 0 Å². The predicted molar refractivity (Wildman–Crippen MR) is 115 cm³/mol. The van der Waals surface area contributed by atoms with E-state index in [1.165, 1.54) is 0 Å². The molecule has 1 fully saturated rings. The van der Waals surface area contributed by atoms with Crippen LogP contribution in [0.1, 0.15) is 51.5 Å². The third-order valence-electron chi connectivity index (χ3n) is 5.08. The molecule has 0 unspecified atom stereocenters. The van der Waals surface area contributed by atoms with Crippen LogP contribution in [0.4, 0.5) is 0 Å². The van der Waals surface area contributed by atoms with Crippen molar-refractivity contribution in [1.29, 1.82) is 0 Å². The fourth-order valence-electron chi connectivity index (χ4n) is 3.37. The number of aliphatic imine (C=N–C) groups is 1. The lowest BCUT2D eigenvalue weighted by molar-refractivity contribution is -0.121. The van der Waals surface area contributed by atoms with Crippen molar-refractivity contribution in [3.63, 3.8) is 0 Å². The number of nitrogens with zero attached hydrogens (tertiary/aromatic N) is 2. The zero-order valence-electron chi connectivity index (χ0n) is 17.7. The van der Waals surface area contributed by atoms with Gasteiger partial charge in [-0.25, -0.2) is 4.99 Å². The highest BCUT2D eigenvalue weighted by Crippen LogP contribution is 2.21. The number of carbonyl (C=O) groups excluding carboxylic acids is 1. The molecule has 28 heavy (non-hydrogen) atoms. The highest BCUT2D eigenvalue weighted by Gasteiger charge is 2.23. The highest BCUT2D eigenvalue weighted by molar-refractivity contribution is 5.80. The second-order valence-electron chi connectivity index (χ2n) is 7.33. The van der Waals surface area contributed by atoms with Gasteiger partial charge < -0.3 is 20.3 Å². The number of unbranched alkanes of at least 4 members (excludes halogenated alkanes) is 1. The number of amides is 1. The average molecular weight is 389 g/mol. The first-order chi connectivity index (χ1) is 13.7. The van der Waals surface area contributed by atoms with Gasteiger partial charge in [0.15, 0.2) is 5.96 Å². The molecule has 0 radical (unpaired) electrons. The number of benzene rings is 1. The average Bonchev–Trinajstić information content (AvgIpc) is 2.72. The zero-order chi connectivity index (χ0) is 20.2. The van der Waals surface area contributed by atoms with Gasteiger partial charge in [0.1, 0.15) is 5.75 Å². The quantitative estimate of drug-likeness (QED) is 0.387. The number of hydrogen-bond donors (Lipinski definition) is 2. The molecule has 6 nitrogen and oxygen atoms in total. The van der Waals surface area contributed by atoms with E-state index in [1.807, 2.05) is 12.1 Å². The van der Waals surface area contributed by atoms with Crippen molar-refractivity contribution in [2.75, 3.05) is 33.3 Å². The van der Waals surface area contributed by atoms with Crippen molar-refractivity contribution in [3.05, 3.63) is 29.8 Å². The Hall–Kier alpha value is -2.24. The third kappa shape index (κ3) is 7.41. The number of hydrogen-bond acceptors (Lipinski definition) is 3. The minimum atomic E-state index is 0.139. The number of ether oxygens (including phenoxy) is 1. The Balaban J connectivity index is 1.92. The SMILES string of the molecule is CCCCOc1cccc(CN=C(NCC)N2CCC(CC(=O)NC)CC2)c1. The third-order valence-corrected chi connectivity index (χ3v) is 5.08. The molecule has 2 N–H and O–H groups in total. The van der Waals surface area contributed by atoms with E-state index in [9.17, 15) is 4.79 Å². The number of carbonyl (C=O) groups is 1. The molecule has 1 heterocycles. The molecule has 0 bridgehead atoms. The lowest BCUT2D eigenvalue weighted by Gasteiger charge is -2.34. The van der Waals surface area contributed by atoms with Crippen LogP contribution >= 0.6 is 0 Å². The molecule has 1 aliphatic heterocycles. The van der Waals surface area contributed by atoms with Gasteiger partial charge in [-0.05, 0) is 49.8 Å². The molecule has 1 saturated heterocycles. The fraction of sp³-hybridized carbons (Fsp3) is 0.636. The van der Waals surface area contributed by atoms with Crippen molar-refractivity contribution in [2.24, 2.45) is 10.9 Å². The smallest absolute Gasteiger partial charge is 0.220 e. The summed E-state index contributed by atoms with van der Waals surface area (Å²) in [7, 11) is 1.71. The van der Waals surface area contributed by atoms with Crippen molar-refractivity contribution in [3.8, 4) is 5.75 Å². The normalized spacial score (nSPS) is 15.4. The van der Waals surface area contributed by atoms with Crippen LogP contribution in [0.15, 0.2) is 29.3 Å². The van der Waals surface area contributed by atoms with Gasteiger partial charge in [-0.1, -0.05) is 25.5 Å². The Morgan fingerprint density at radius 2 is 2.07 bits per heavy atom. The molecule has 0 saturated carbocycles. The van der Waals surface area contributed by atoms with Crippen LogP contribution in [0.5, 0.6) is 5.75 Å². The Morgan fingerprint density at radius 1 is 1.29 bits per heavy atom. The summed E-state index contributed by atoms with van der Waals surface area (Å²) in [6, 6.07) is 8.21. The van der Waals surface area contributed by atoms with E-state index in [0.717, 1.165) is 69.2 Å². The second-order valence-corrected chi connectivity index (χ2v) is 7.33. The molecule has 0 spiro atoms. The first-order valence-corrected chi connectivity index (χ1v) is 10.6. The first-order valence-electron chi connectivity index (χ1n) is 10.6. The lowest BCUT2D eigenvalue weighted by Crippen LogP contribution is -2.46. The molecule has 1 amide bonds. The summed E-state index contributed by atoms with van der Waals surface area (Å²) in [6.45, 7) is 8.37. The monoisotopic (exact) mass is 388 g/mol. The van der Waals surface area contributed by atoms with E-state index in [-0.39, 0.29) is 5.91 Å². The van der Waals surface area contributed by atoms with E-state index >= 15 is 0 Å². The van der Waals surface area contributed by atoms with Gasteiger partial charge in [0.2, 0.25) is 5.91 Å². The molecule has 1 aromatic carbocycles. The fourth-order valence-corrected chi connectivity index (χ4v) is 3.37. The first kappa shape index (κ1) is 22.1. The topological polar surface area (TPSA) is 66.0 Å². The summed E-state index contributed by atoms with van der Waals surface area (Å²) in [4.78, 5) is 18.8. The Bertz CT molecular complexity index is 625. The minimum absolute atomic E-state index is 0.139. The van der Waals surface area contributed by atoms with E-state index in [0.29, 0.717) is 18.9 Å². The van der Waals surface area contributed by atoms with E-state index in [1.54, 1.807) is 7.05 Å². The summed E-state index contributed by atoms with van der Waals surface area (Å²) >= 11 is 0. The van der Waals surface area contributed by atoms with Gasteiger partial charge in [-0.2, -0.15) is 0 Å². The highest BCUT2D eigenvalue weighted by atomic mass is 16.5. The number of likely N-dealkylation sites (tertiary alicyclic amines) is 1. The van der Waals surface area contributed by atoms with Gasteiger partial charge in [0.05, 0.1) is 13.2 Å². The summed E-state index contributed by atoms with van der Waals surface area (Å²) in [5, 5.41) is 6.14. The largest absolute Gasteiger partial charge is 0.494 e. The number of rotatable bonds is 9. The lowest BCUT2D eigenvalue weighted by atomic mass is 9.93. The van der Waals surface area contributed by atoms with E-state index < -0.39 is 0 Å². The van der Waals surface area contributed by atoms with Crippen LogP contribution in [0, 0.1) is 5.92 Å². The molecule has 6 heteroatoms. The Kier molecular flexibility index (Phi) is 9.66. The van der Waals surface area contributed by atoms with Crippen LogP contribution < -0.4 is 15.4 Å². The number of guanidine groups is 1. The Labute approximate surface area is 169 Å². The molecule has 0 aromatic heterocycles. The maximum Gasteiger partial charge on any atom is 0.220 e. The molecular weight excluding hydrogens is 352 g/mol. The molecule has 1 aromatic rings. The number of piperidine rings is 1. The van der Waals surface area contributed by atoms with E-state index in [2.05, 4.69) is 41.5 Å². The molecule has 0 atom stereocenters. The van der Waals surface area contributed by atoms with Crippen LogP contribution in [-0.2, 0) is 11.3 Å². The summed E-state index contributed by atoms with van der Waals surface area (Å²) < 4.78 is 5.80. The molecule has 0 aliphatic carbocycles. The van der Waals surface area contributed by atoms with Gasteiger partial charge in [0, 0.05) is 33.1 Å². The Morgan fingerprint density at radius 3 is 2.75 bits per heavy atom. The van der Waals surface area contributed by atoms with Crippen LogP contribution in [0.3, 0.4) is 0 Å². The summed E-state index contributed by atoms with van der Waals surface area (Å²) in [6.07, 6.45) is 4.89. The van der Waals surface area contributed by atoms with Crippen molar-refractivity contribution >= 4 is 11.9 Å². The van der Waals surface area contributed by atoms with Crippen molar-refractivity contribution in [2.45, 2.75) is 52.5 Å². The van der Waals surface area contributed by atoms with Gasteiger partial charge in [0.25, 0.3) is 0 Å². The zero-order valence-corrected chi connectivity index (χ0v) is 17.7. The molecule has 2 rings (SSSR count). The summed E-state index contributed by atoms with van der Waals surface area (Å²) in [5.41, 5.74) is 1.15. The van der Waals surface area contributed by atoms with Crippen molar-refractivity contribution < 1.29 is 9.53 Å². The van der Waals surface area contributed by atoms with Crippen LogP contribution in [0.2, 0.25) is 0 Å². The van der Waals surface area contributed by atoms with Gasteiger partial charge >= 0.3 is 0 Å². The predicted octanol–water partition coefficient (Wildman–Crippen LogP) is 3.18. The maximum atomic E-state index is 11.6. The van der Waals surface area contributed by atoms with E-state index in [4.69, 9.17) is 9.73 Å². The van der Waals surface area contributed by atoms with Crippen LogP contribution in [-0.4, -0.2) is 50.1 Å². The second kappa shape index (κ2) is 12.3. The molecule has 156 valence electrons. The molecule has 1 aliphatic rings. The number of nitrogens with one attached hydrogen (secondary N) is 2. The van der Waals surface area contributed by atoms with Gasteiger partial charge in [-0.15, -0.1) is 0 Å². The maximum absolute atomic E-state index is 11.6. The standard InChI is InChI=1S/C22H36N4O2/c1-4-6-14-28-20-9-7-8-19(15-20)17-25-22(24-5-2)26-12-10-18(11-13-26)16-21(27)23-3/h7-9,15,18H,4-6,10-14,16-17H2,1-3H3,(H,23,27)(H,24,25). The van der Waals surface area contributed by atoms with Gasteiger partial charge in [-0.3, -0.25) is 4.79 Å². The summed E-state index contributed by atoms with van der Waals surface area (Å²) in [5.74, 6) is 2.48. The molecular formula is C22H36N4O2. The van der Waals surface area contributed by atoms with Crippen molar-refractivity contribution in [1.82, 2.24) is 15.5 Å².